The molecule has 0 saturated heterocycles. The van der Waals surface area contributed by atoms with E-state index < -0.39 is 5.91 Å². The van der Waals surface area contributed by atoms with Crippen molar-refractivity contribution in [3.05, 3.63) is 41.7 Å². The summed E-state index contributed by atoms with van der Waals surface area (Å²) in [5.74, 6) is 0.641. The van der Waals surface area contributed by atoms with Crippen molar-refractivity contribution >= 4 is 12.2 Å². The van der Waals surface area contributed by atoms with Crippen LogP contribution in [0.3, 0.4) is 0 Å². The smallest absolute Gasteiger partial charge is 0.248 e. The number of methoxy groups -OCH3 is 1. The van der Waals surface area contributed by atoms with E-state index >= 15 is 0 Å². The Bertz CT molecular complexity index is 601. The van der Waals surface area contributed by atoms with Crippen molar-refractivity contribution in [3.63, 3.8) is 0 Å². The molecule has 1 aromatic heterocycles. The monoisotopic (exact) mass is 245 g/mol. The van der Waals surface area contributed by atoms with Crippen LogP contribution in [0, 0.1) is 0 Å². The molecule has 92 valence electrons. The molecule has 1 aromatic carbocycles. The van der Waals surface area contributed by atoms with E-state index in [2.05, 4.69) is 0 Å². The second-order valence-electron chi connectivity index (χ2n) is 3.60. The lowest BCUT2D eigenvalue weighted by molar-refractivity contribution is 0.0999. The summed E-state index contributed by atoms with van der Waals surface area (Å²) in [6.45, 7) is 0. The lowest BCUT2D eigenvalue weighted by Gasteiger charge is -2.07. The van der Waals surface area contributed by atoms with Gasteiger partial charge in [-0.1, -0.05) is 0 Å². The number of carbonyl (C=O) groups is 2. The molecule has 18 heavy (non-hydrogen) atoms. The van der Waals surface area contributed by atoms with Crippen LogP contribution in [0.25, 0.3) is 11.3 Å². The van der Waals surface area contributed by atoms with E-state index in [1.165, 1.54) is 13.2 Å². The van der Waals surface area contributed by atoms with Crippen LogP contribution < -0.4 is 10.5 Å². The van der Waals surface area contributed by atoms with Gasteiger partial charge in [-0.25, -0.2) is 0 Å². The summed E-state index contributed by atoms with van der Waals surface area (Å²) in [6.07, 6.45) is 0.619. The van der Waals surface area contributed by atoms with Gasteiger partial charge in [0.15, 0.2) is 12.0 Å². The number of primary amides is 1. The van der Waals surface area contributed by atoms with E-state index in [4.69, 9.17) is 14.9 Å². The Morgan fingerprint density at radius 1 is 1.33 bits per heavy atom. The molecule has 2 rings (SSSR count). The molecule has 1 heterocycles. The first kappa shape index (κ1) is 11.9. The average molecular weight is 245 g/mol. The summed E-state index contributed by atoms with van der Waals surface area (Å²) in [6, 6.07) is 7.98. The summed E-state index contributed by atoms with van der Waals surface area (Å²) >= 11 is 0. The summed E-state index contributed by atoms with van der Waals surface area (Å²) in [5.41, 5.74) is 6.18. The predicted molar refractivity (Wildman–Crippen MR) is 64.6 cm³/mol. The molecule has 0 atom stereocenters. The van der Waals surface area contributed by atoms with Gasteiger partial charge in [0, 0.05) is 5.56 Å². The molecular weight excluding hydrogens is 234 g/mol. The highest BCUT2D eigenvalue weighted by Crippen LogP contribution is 2.31. The molecule has 0 aliphatic rings. The Hall–Kier alpha value is -2.56. The number of hydrogen-bond donors (Lipinski definition) is 1. The number of rotatable bonds is 4. The lowest BCUT2D eigenvalue weighted by Crippen LogP contribution is -2.10. The highest BCUT2D eigenvalue weighted by molar-refractivity contribution is 5.94. The third-order valence-corrected chi connectivity index (χ3v) is 2.49. The molecule has 1 amide bonds. The van der Waals surface area contributed by atoms with Gasteiger partial charge in [-0.15, -0.1) is 0 Å². The fourth-order valence-corrected chi connectivity index (χ4v) is 1.61. The van der Waals surface area contributed by atoms with E-state index in [0.29, 0.717) is 28.9 Å². The fraction of sp³-hybridized carbons (Fsp3) is 0.0769. The first-order chi connectivity index (χ1) is 8.65. The third kappa shape index (κ3) is 2.10. The van der Waals surface area contributed by atoms with E-state index in [1.807, 2.05) is 0 Å². The van der Waals surface area contributed by atoms with Crippen LogP contribution in [0.4, 0.5) is 0 Å². The molecule has 0 fully saturated rings. The van der Waals surface area contributed by atoms with Crippen molar-refractivity contribution in [2.24, 2.45) is 5.73 Å². The number of hydrogen-bond acceptors (Lipinski definition) is 4. The van der Waals surface area contributed by atoms with Crippen molar-refractivity contribution in [3.8, 4) is 17.1 Å². The molecule has 5 heteroatoms. The Kier molecular flexibility index (Phi) is 3.14. The zero-order valence-corrected chi connectivity index (χ0v) is 9.67. The Morgan fingerprint density at radius 2 is 2.11 bits per heavy atom. The van der Waals surface area contributed by atoms with Crippen molar-refractivity contribution < 1.29 is 18.7 Å². The van der Waals surface area contributed by atoms with Crippen LogP contribution in [0.15, 0.2) is 34.7 Å². The molecule has 0 spiro atoms. The highest BCUT2D eigenvalue weighted by atomic mass is 16.5. The molecule has 5 nitrogen and oxygen atoms in total. The van der Waals surface area contributed by atoms with Gasteiger partial charge in [-0.2, -0.15) is 0 Å². The van der Waals surface area contributed by atoms with Crippen LogP contribution in [-0.4, -0.2) is 19.3 Å². The Labute approximate surface area is 103 Å². The SMILES string of the molecule is COc1cc(C(N)=O)ccc1-c1ccc(C=O)o1. The molecule has 0 radical (unpaired) electrons. The predicted octanol–water partition coefficient (Wildman–Crippen LogP) is 1.87. The number of nitrogens with two attached hydrogens (primary N) is 1. The normalized spacial score (nSPS) is 10.1. The van der Waals surface area contributed by atoms with E-state index in [-0.39, 0.29) is 5.76 Å². The molecule has 0 unspecified atom stereocenters. The third-order valence-electron chi connectivity index (χ3n) is 2.49. The number of furan rings is 1. The maximum absolute atomic E-state index is 11.1. The summed E-state index contributed by atoms with van der Waals surface area (Å²) in [7, 11) is 1.48. The van der Waals surface area contributed by atoms with Crippen LogP contribution in [0.1, 0.15) is 20.9 Å². The fourth-order valence-electron chi connectivity index (χ4n) is 1.61. The molecular formula is C13H11NO4. The van der Waals surface area contributed by atoms with Gasteiger partial charge in [-0.3, -0.25) is 9.59 Å². The van der Waals surface area contributed by atoms with Gasteiger partial charge in [0.1, 0.15) is 11.5 Å². The van der Waals surface area contributed by atoms with Gasteiger partial charge in [0.2, 0.25) is 5.91 Å². The largest absolute Gasteiger partial charge is 0.496 e. The van der Waals surface area contributed by atoms with Crippen molar-refractivity contribution in [1.29, 1.82) is 0 Å². The minimum atomic E-state index is -0.534. The lowest BCUT2D eigenvalue weighted by atomic mass is 10.1. The van der Waals surface area contributed by atoms with Crippen LogP contribution >= 0.6 is 0 Å². The first-order valence-corrected chi connectivity index (χ1v) is 5.19. The maximum atomic E-state index is 11.1. The zero-order chi connectivity index (χ0) is 13.1. The van der Waals surface area contributed by atoms with Gasteiger partial charge in [0.05, 0.1) is 12.7 Å². The topological polar surface area (TPSA) is 82.5 Å². The molecule has 2 aromatic rings. The molecule has 0 bridgehead atoms. The summed E-state index contributed by atoms with van der Waals surface area (Å²) < 4.78 is 10.5. The minimum Gasteiger partial charge on any atom is -0.496 e. The van der Waals surface area contributed by atoms with Gasteiger partial charge in [0.25, 0.3) is 0 Å². The summed E-state index contributed by atoms with van der Waals surface area (Å²) in [5, 5.41) is 0. The van der Waals surface area contributed by atoms with Crippen molar-refractivity contribution in [1.82, 2.24) is 0 Å². The second-order valence-corrected chi connectivity index (χ2v) is 3.60. The highest BCUT2D eigenvalue weighted by Gasteiger charge is 2.12. The van der Waals surface area contributed by atoms with E-state index in [9.17, 15) is 9.59 Å². The van der Waals surface area contributed by atoms with Crippen LogP contribution in [0.5, 0.6) is 5.75 Å². The van der Waals surface area contributed by atoms with Gasteiger partial charge < -0.3 is 14.9 Å². The molecule has 0 aliphatic carbocycles. The van der Waals surface area contributed by atoms with Gasteiger partial charge >= 0.3 is 0 Å². The van der Waals surface area contributed by atoms with E-state index in [0.717, 1.165) is 0 Å². The Morgan fingerprint density at radius 3 is 2.67 bits per heavy atom. The van der Waals surface area contributed by atoms with E-state index in [1.54, 1.807) is 24.3 Å². The van der Waals surface area contributed by atoms with Crippen LogP contribution in [-0.2, 0) is 0 Å². The number of aldehydes is 1. The standard InChI is InChI=1S/C13H11NO4/c1-17-12-6-8(13(14)16)2-4-10(12)11-5-3-9(7-15)18-11/h2-7H,1H3,(H2,14,16). The molecule has 0 aliphatic heterocycles. The van der Waals surface area contributed by atoms with Crippen molar-refractivity contribution in [2.75, 3.05) is 7.11 Å². The average Bonchev–Trinajstić information content (AvgIpc) is 2.86. The number of benzene rings is 1. The summed E-state index contributed by atoms with van der Waals surface area (Å²) in [4.78, 5) is 21.6. The molecule has 0 saturated carbocycles. The van der Waals surface area contributed by atoms with Crippen molar-refractivity contribution in [2.45, 2.75) is 0 Å². The first-order valence-electron chi connectivity index (χ1n) is 5.19. The molecule has 2 N–H and O–H groups in total. The number of ether oxygens (including phenoxy) is 1. The Balaban J connectivity index is 2.50. The van der Waals surface area contributed by atoms with Crippen LogP contribution in [0.2, 0.25) is 0 Å². The number of carbonyl (C=O) groups excluding carboxylic acids is 2. The zero-order valence-electron chi connectivity index (χ0n) is 9.67. The van der Waals surface area contributed by atoms with Gasteiger partial charge in [-0.05, 0) is 30.3 Å². The quantitative estimate of drug-likeness (QED) is 0.833. The maximum Gasteiger partial charge on any atom is 0.248 e. The second kappa shape index (κ2) is 4.75. The number of amides is 1. The minimum absolute atomic E-state index is 0.228.